The van der Waals surface area contributed by atoms with Gasteiger partial charge in [-0.15, -0.1) is 0 Å². The minimum Gasteiger partial charge on any atom is -0.487 e. The van der Waals surface area contributed by atoms with Crippen LogP contribution in [0.3, 0.4) is 0 Å². The van der Waals surface area contributed by atoms with Gasteiger partial charge >= 0.3 is 0 Å². The molecule has 4 rings (SSSR count). The fourth-order valence-electron chi connectivity index (χ4n) is 3.24. The van der Waals surface area contributed by atoms with Crippen molar-refractivity contribution in [2.24, 2.45) is 0 Å². The van der Waals surface area contributed by atoms with Crippen LogP contribution in [0.25, 0.3) is 22.4 Å². The zero-order valence-electron chi connectivity index (χ0n) is 16.3. The normalized spacial score (nSPS) is 11.4. The van der Waals surface area contributed by atoms with Gasteiger partial charge in [-0.3, -0.25) is 0 Å². The highest BCUT2D eigenvalue weighted by Gasteiger charge is 2.10. The summed E-state index contributed by atoms with van der Waals surface area (Å²) in [5.41, 5.74) is 3.51. The van der Waals surface area contributed by atoms with E-state index in [0.29, 0.717) is 12.2 Å². The molecule has 0 aliphatic carbocycles. The Morgan fingerprint density at radius 3 is 2.26 bits per heavy atom. The third-order valence-electron chi connectivity index (χ3n) is 4.81. The molecule has 4 aromatic rings. The van der Waals surface area contributed by atoms with Crippen LogP contribution in [0.5, 0.6) is 5.75 Å². The molecule has 0 amide bonds. The molecular weight excluding hydrogens is 629 g/mol. The number of hydrogen-bond donors (Lipinski definition) is 0. The van der Waals surface area contributed by atoms with Crippen molar-refractivity contribution in [3.8, 4) is 11.8 Å². The smallest absolute Gasteiger partial charge is 0.148 e. The Balaban J connectivity index is 1.60. The summed E-state index contributed by atoms with van der Waals surface area (Å²) in [7, 11) is 0. The maximum absolute atomic E-state index is 9.77. The molecule has 0 radical (unpaired) electrons. The number of hydrogen-bond acceptors (Lipinski definition) is 2. The van der Waals surface area contributed by atoms with Crippen LogP contribution in [0.15, 0.2) is 87.8 Å². The lowest BCUT2D eigenvalue weighted by atomic mass is 10.0. The van der Waals surface area contributed by atoms with Crippen LogP contribution in [0, 0.1) is 14.9 Å². The van der Waals surface area contributed by atoms with Gasteiger partial charge in [0.05, 0.1) is 20.6 Å². The van der Waals surface area contributed by atoms with Crippen LogP contribution in [0.1, 0.15) is 16.7 Å². The van der Waals surface area contributed by atoms with E-state index in [0.717, 1.165) is 42.2 Å². The zero-order valence-corrected chi connectivity index (χ0v) is 21.6. The molecule has 0 saturated heterocycles. The van der Waals surface area contributed by atoms with E-state index in [9.17, 15) is 5.26 Å². The van der Waals surface area contributed by atoms with E-state index in [1.165, 1.54) is 3.57 Å². The molecule has 5 heteroatoms. The van der Waals surface area contributed by atoms with Crippen molar-refractivity contribution >= 4 is 76.9 Å². The van der Waals surface area contributed by atoms with Crippen molar-refractivity contribution in [1.29, 1.82) is 5.26 Å². The predicted octanol–water partition coefficient (Wildman–Crippen LogP) is 8.61. The Bertz CT molecular complexity index is 1300. The minimum absolute atomic E-state index is 0.476. The summed E-state index contributed by atoms with van der Waals surface area (Å²) in [6, 6.07) is 28.7. The number of benzene rings is 4. The van der Waals surface area contributed by atoms with E-state index in [-0.39, 0.29) is 0 Å². The molecule has 0 atom stereocenters. The number of rotatable bonds is 5. The molecule has 31 heavy (non-hydrogen) atoms. The molecule has 0 unspecified atom stereocenters. The summed E-state index contributed by atoms with van der Waals surface area (Å²) >= 11 is 9.52. The van der Waals surface area contributed by atoms with Gasteiger partial charge in [0, 0.05) is 3.57 Å². The highest BCUT2D eigenvalue weighted by Crippen LogP contribution is 2.36. The molecule has 0 N–H and O–H groups in total. The summed E-state index contributed by atoms with van der Waals surface area (Å²) in [5, 5.41) is 12.0. The molecular formula is C26H16Br2INO. The topological polar surface area (TPSA) is 33.0 Å². The Morgan fingerprint density at radius 2 is 1.58 bits per heavy atom. The molecule has 4 aromatic carbocycles. The molecule has 152 valence electrons. The molecule has 2 nitrogen and oxygen atoms in total. The fourth-order valence-corrected chi connectivity index (χ4v) is 5.05. The van der Waals surface area contributed by atoms with E-state index in [4.69, 9.17) is 4.74 Å². The standard InChI is InChI=1S/C26H16Br2INO/c27-24-12-18(13-25(28)26(24)31-16-17-5-9-23(29)10-6-17)11-22(15-30)21-8-7-19-3-1-2-4-20(19)14-21/h1-14H,16H2/b22-11-. The summed E-state index contributed by atoms with van der Waals surface area (Å²) in [6.07, 6.45) is 1.89. The van der Waals surface area contributed by atoms with Gasteiger partial charge in [0.25, 0.3) is 0 Å². The average molecular weight is 645 g/mol. The molecule has 0 fully saturated rings. The van der Waals surface area contributed by atoms with Crippen molar-refractivity contribution in [3.05, 3.63) is 108 Å². The van der Waals surface area contributed by atoms with Gasteiger partial charge in [-0.1, -0.05) is 48.5 Å². The highest BCUT2D eigenvalue weighted by molar-refractivity contribution is 14.1. The Kier molecular flexibility index (Phi) is 7.11. The number of halogens is 3. The van der Waals surface area contributed by atoms with Crippen molar-refractivity contribution in [1.82, 2.24) is 0 Å². The van der Waals surface area contributed by atoms with Crippen LogP contribution >= 0.6 is 54.5 Å². The second-order valence-electron chi connectivity index (χ2n) is 6.96. The summed E-state index contributed by atoms with van der Waals surface area (Å²) in [6.45, 7) is 0.476. The van der Waals surface area contributed by atoms with Crippen molar-refractivity contribution in [2.75, 3.05) is 0 Å². The predicted molar refractivity (Wildman–Crippen MR) is 143 cm³/mol. The lowest BCUT2D eigenvalue weighted by Gasteiger charge is -2.12. The molecule has 0 spiro atoms. The summed E-state index contributed by atoms with van der Waals surface area (Å²) < 4.78 is 8.88. The number of nitrogens with zero attached hydrogens (tertiary/aromatic N) is 1. The molecule has 0 heterocycles. The first-order valence-electron chi connectivity index (χ1n) is 9.51. The number of nitriles is 1. The maximum Gasteiger partial charge on any atom is 0.148 e. The third-order valence-corrected chi connectivity index (χ3v) is 6.71. The number of ether oxygens (including phenoxy) is 1. The Hall–Kier alpha value is -2.14. The van der Waals surface area contributed by atoms with Crippen LogP contribution in [0.4, 0.5) is 0 Å². The first kappa shape index (κ1) is 22.1. The van der Waals surface area contributed by atoms with E-state index in [2.05, 4.69) is 96.9 Å². The average Bonchev–Trinajstić information content (AvgIpc) is 2.78. The summed E-state index contributed by atoms with van der Waals surface area (Å²) in [4.78, 5) is 0. The molecule has 0 saturated carbocycles. The van der Waals surface area contributed by atoms with Crippen molar-refractivity contribution in [2.45, 2.75) is 6.61 Å². The van der Waals surface area contributed by atoms with Gasteiger partial charge in [-0.2, -0.15) is 5.26 Å². The van der Waals surface area contributed by atoms with Gasteiger partial charge in [0.2, 0.25) is 0 Å². The van der Waals surface area contributed by atoms with Crippen LogP contribution in [-0.2, 0) is 6.61 Å². The highest BCUT2D eigenvalue weighted by atomic mass is 127. The van der Waals surface area contributed by atoms with Gasteiger partial charge < -0.3 is 4.74 Å². The molecule has 0 aliphatic rings. The van der Waals surface area contributed by atoms with Gasteiger partial charge in [0.15, 0.2) is 0 Å². The summed E-state index contributed by atoms with van der Waals surface area (Å²) in [5.74, 6) is 0.736. The van der Waals surface area contributed by atoms with Gasteiger partial charge in [0.1, 0.15) is 12.4 Å². The Morgan fingerprint density at radius 1 is 0.903 bits per heavy atom. The van der Waals surface area contributed by atoms with Crippen LogP contribution in [-0.4, -0.2) is 0 Å². The third kappa shape index (κ3) is 5.38. The second-order valence-corrected chi connectivity index (χ2v) is 9.91. The van der Waals surface area contributed by atoms with E-state index in [1.807, 2.05) is 48.5 Å². The maximum atomic E-state index is 9.77. The Labute approximate surface area is 212 Å². The van der Waals surface area contributed by atoms with Gasteiger partial charge in [-0.05, 0) is 118 Å². The first-order valence-corrected chi connectivity index (χ1v) is 12.2. The lowest BCUT2D eigenvalue weighted by Crippen LogP contribution is -1.97. The fraction of sp³-hybridized carbons (Fsp3) is 0.0385. The van der Waals surface area contributed by atoms with Crippen LogP contribution < -0.4 is 4.74 Å². The molecule has 0 bridgehead atoms. The van der Waals surface area contributed by atoms with Gasteiger partial charge in [-0.25, -0.2) is 0 Å². The molecule has 0 aliphatic heterocycles. The van der Waals surface area contributed by atoms with Crippen molar-refractivity contribution < 1.29 is 4.74 Å². The number of fused-ring (bicyclic) bond motifs is 1. The van der Waals surface area contributed by atoms with Crippen molar-refractivity contribution in [3.63, 3.8) is 0 Å². The second kappa shape index (κ2) is 9.99. The SMILES string of the molecule is N#C/C(=C/c1cc(Br)c(OCc2ccc(I)cc2)c(Br)c1)c1ccc2ccccc2c1. The van der Waals surface area contributed by atoms with E-state index >= 15 is 0 Å². The largest absolute Gasteiger partial charge is 0.487 e. The lowest BCUT2D eigenvalue weighted by molar-refractivity contribution is 0.302. The zero-order chi connectivity index (χ0) is 21.8. The molecule has 0 aromatic heterocycles. The van der Waals surface area contributed by atoms with Crippen LogP contribution in [0.2, 0.25) is 0 Å². The van der Waals surface area contributed by atoms with E-state index in [1.54, 1.807) is 0 Å². The number of allylic oxidation sites excluding steroid dienone is 1. The monoisotopic (exact) mass is 643 g/mol. The minimum atomic E-state index is 0.476. The first-order chi connectivity index (χ1) is 15.0. The van der Waals surface area contributed by atoms with E-state index < -0.39 is 0 Å². The quantitative estimate of drug-likeness (QED) is 0.124.